The van der Waals surface area contributed by atoms with Crippen LogP contribution < -0.4 is 15.4 Å². The maximum atomic E-state index is 12.8. The van der Waals surface area contributed by atoms with Gasteiger partial charge in [0.15, 0.2) is 5.78 Å². The van der Waals surface area contributed by atoms with Crippen LogP contribution in [0.25, 0.3) is 0 Å². The number of carbonyl (C=O) groups is 4. The molecule has 0 bridgehead atoms. The molecule has 2 saturated heterocycles. The molecule has 0 radical (unpaired) electrons. The molecule has 11 heteroatoms. The summed E-state index contributed by atoms with van der Waals surface area (Å²) in [6.45, 7) is 3.55. The SMILES string of the molecule is COc1cc(NC(C)=O)ccc1C(=O)C(Cl)CCCN1CCC2(CC1)NC(=O)N(C)C2=O.Cl. The summed E-state index contributed by atoms with van der Waals surface area (Å²) in [4.78, 5) is 51.6. The van der Waals surface area contributed by atoms with Crippen LogP contribution in [0, 0.1) is 0 Å². The summed E-state index contributed by atoms with van der Waals surface area (Å²) in [5.74, 6) is -0.233. The molecule has 1 unspecified atom stereocenters. The molecule has 1 aromatic carbocycles. The number of nitrogens with zero attached hydrogens (tertiary/aromatic N) is 2. The Labute approximate surface area is 204 Å². The van der Waals surface area contributed by atoms with Gasteiger partial charge in [0.2, 0.25) is 5.91 Å². The molecule has 2 N–H and O–H groups in total. The molecule has 2 heterocycles. The molecule has 2 fully saturated rings. The molecule has 0 saturated carbocycles. The Kier molecular flexibility index (Phi) is 9.11. The van der Waals surface area contributed by atoms with E-state index in [2.05, 4.69) is 15.5 Å². The lowest BCUT2D eigenvalue weighted by Gasteiger charge is -2.37. The fourth-order valence-electron chi connectivity index (χ4n) is 4.22. The Morgan fingerprint density at radius 2 is 1.94 bits per heavy atom. The van der Waals surface area contributed by atoms with Gasteiger partial charge in [-0.15, -0.1) is 24.0 Å². The lowest BCUT2D eigenvalue weighted by atomic mass is 9.87. The number of alkyl halides is 1. The van der Waals surface area contributed by atoms with E-state index in [1.54, 1.807) is 18.2 Å². The van der Waals surface area contributed by atoms with Gasteiger partial charge in [0, 0.05) is 38.8 Å². The number of rotatable bonds is 8. The number of halogens is 2. The summed E-state index contributed by atoms with van der Waals surface area (Å²) in [5, 5.41) is 4.79. The molecule has 1 aromatic rings. The summed E-state index contributed by atoms with van der Waals surface area (Å²) in [6.07, 6.45) is 2.36. The molecule has 3 rings (SSSR count). The van der Waals surface area contributed by atoms with Gasteiger partial charge in [0.05, 0.1) is 18.1 Å². The first-order valence-corrected chi connectivity index (χ1v) is 11.1. The van der Waals surface area contributed by atoms with Crippen molar-refractivity contribution in [2.45, 2.75) is 43.5 Å². The van der Waals surface area contributed by atoms with Crippen LogP contribution in [0.5, 0.6) is 5.75 Å². The van der Waals surface area contributed by atoms with Crippen molar-refractivity contribution in [2.75, 3.05) is 39.1 Å². The number of carbonyl (C=O) groups excluding carboxylic acids is 4. The number of ether oxygens (including phenoxy) is 1. The van der Waals surface area contributed by atoms with E-state index in [9.17, 15) is 19.2 Å². The van der Waals surface area contributed by atoms with Crippen LogP contribution in [-0.4, -0.2) is 78.1 Å². The van der Waals surface area contributed by atoms with E-state index < -0.39 is 10.9 Å². The normalized spacial score (nSPS) is 18.5. The van der Waals surface area contributed by atoms with Gasteiger partial charge in [-0.3, -0.25) is 19.3 Å². The summed E-state index contributed by atoms with van der Waals surface area (Å²) in [5.41, 5.74) is 0.150. The lowest BCUT2D eigenvalue weighted by Crippen LogP contribution is -2.54. The zero-order valence-electron chi connectivity index (χ0n) is 19.0. The van der Waals surface area contributed by atoms with Gasteiger partial charge in [-0.2, -0.15) is 0 Å². The summed E-state index contributed by atoms with van der Waals surface area (Å²) in [7, 11) is 2.96. The molecule has 1 spiro atoms. The number of likely N-dealkylation sites (N-methyl/N-ethyl adjacent to an activating group) is 1. The highest BCUT2D eigenvalue weighted by molar-refractivity contribution is 6.34. The monoisotopic (exact) mass is 500 g/mol. The fraction of sp³-hybridized carbons (Fsp3) is 0.545. The number of amides is 4. The topological polar surface area (TPSA) is 108 Å². The first kappa shape index (κ1) is 26.9. The summed E-state index contributed by atoms with van der Waals surface area (Å²) < 4.78 is 5.31. The number of ketones is 1. The zero-order valence-corrected chi connectivity index (χ0v) is 20.6. The van der Waals surface area contributed by atoms with Gasteiger partial charge >= 0.3 is 6.03 Å². The third-order valence-electron chi connectivity index (χ3n) is 6.08. The summed E-state index contributed by atoms with van der Waals surface area (Å²) >= 11 is 6.40. The van der Waals surface area contributed by atoms with E-state index in [1.807, 2.05) is 0 Å². The number of piperidine rings is 1. The van der Waals surface area contributed by atoms with E-state index in [0.717, 1.165) is 17.9 Å². The van der Waals surface area contributed by atoms with Crippen molar-refractivity contribution in [3.8, 4) is 5.75 Å². The van der Waals surface area contributed by atoms with Crippen molar-refractivity contribution < 1.29 is 23.9 Å². The highest BCUT2D eigenvalue weighted by atomic mass is 35.5. The molecule has 4 amide bonds. The maximum absolute atomic E-state index is 12.8. The largest absolute Gasteiger partial charge is 0.496 e. The van der Waals surface area contributed by atoms with E-state index in [4.69, 9.17) is 16.3 Å². The summed E-state index contributed by atoms with van der Waals surface area (Å²) in [6, 6.07) is 4.51. The second kappa shape index (κ2) is 11.2. The van der Waals surface area contributed by atoms with E-state index in [-0.39, 0.29) is 36.0 Å². The quantitative estimate of drug-likeness (QED) is 0.322. The van der Waals surface area contributed by atoms with Crippen LogP contribution in [0.4, 0.5) is 10.5 Å². The lowest BCUT2D eigenvalue weighted by molar-refractivity contribution is -0.132. The molecule has 182 valence electrons. The number of nitrogens with one attached hydrogen (secondary N) is 2. The van der Waals surface area contributed by atoms with Crippen molar-refractivity contribution in [3.05, 3.63) is 23.8 Å². The fourth-order valence-corrected chi connectivity index (χ4v) is 4.49. The van der Waals surface area contributed by atoms with Crippen LogP contribution in [0.1, 0.15) is 43.0 Å². The Hall–Kier alpha value is -2.36. The molecule has 0 aliphatic carbocycles. The standard InChI is InChI=1S/C22H29ClN4O5.ClH/c1-14(28)24-15-6-7-16(18(13-15)32-3)19(29)17(23)5-4-10-27-11-8-22(9-12-27)20(30)26(2)21(31)25-22;/h6-7,13,17H,4-5,8-12H2,1-3H3,(H,24,28)(H,25,31);1H. The van der Waals surface area contributed by atoms with Crippen molar-refractivity contribution in [1.82, 2.24) is 15.1 Å². The van der Waals surface area contributed by atoms with Crippen molar-refractivity contribution in [3.63, 3.8) is 0 Å². The number of methoxy groups -OCH3 is 1. The third-order valence-corrected chi connectivity index (χ3v) is 6.49. The van der Waals surface area contributed by atoms with Gasteiger partial charge in [-0.1, -0.05) is 0 Å². The van der Waals surface area contributed by atoms with Gasteiger partial charge in [0.25, 0.3) is 5.91 Å². The number of benzene rings is 1. The van der Waals surface area contributed by atoms with Crippen molar-refractivity contribution >= 4 is 53.3 Å². The Bertz CT molecular complexity index is 918. The average molecular weight is 501 g/mol. The second-order valence-electron chi connectivity index (χ2n) is 8.29. The molecule has 1 atom stereocenters. The smallest absolute Gasteiger partial charge is 0.324 e. The van der Waals surface area contributed by atoms with Crippen LogP contribution in [0.3, 0.4) is 0 Å². The van der Waals surface area contributed by atoms with Crippen molar-refractivity contribution in [2.24, 2.45) is 0 Å². The van der Waals surface area contributed by atoms with Gasteiger partial charge < -0.3 is 20.3 Å². The van der Waals surface area contributed by atoms with E-state index in [1.165, 1.54) is 21.1 Å². The minimum Gasteiger partial charge on any atom is -0.496 e. The molecular formula is C22H30Cl2N4O5. The minimum absolute atomic E-state index is 0. The predicted molar refractivity (Wildman–Crippen MR) is 127 cm³/mol. The number of hydrogen-bond donors (Lipinski definition) is 2. The van der Waals surface area contributed by atoms with Crippen molar-refractivity contribution in [1.29, 1.82) is 0 Å². The minimum atomic E-state index is -0.771. The maximum Gasteiger partial charge on any atom is 0.324 e. The molecule has 9 nitrogen and oxygen atoms in total. The first-order valence-electron chi connectivity index (χ1n) is 10.6. The number of anilines is 1. The number of likely N-dealkylation sites (tertiary alicyclic amines) is 1. The van der Waals surface area contributed by atoms with E-state index >= 15 is 0 Å². The number of Topliss-reactive ketones (excluding diaryl/α,β-unsaturated/α-hetero) is 1. The molecule has 33 heavy (non-hydrogen) atoms. The van der Waals surface area contributed by atoms with Crippen LogP contribution >= 0.6 is 24.0 Å². The van der Waals surface area contributed by atoms with Crippen LogP contribution in [-0.2, 0) is 9.59 Å². The predicted octanol–water partition coefficient (Wildman–Crippen LogP) is 2.66. The Morgan fingerprint density at radius 1 is 1.27 bits per heavy atom. The van der Waals surface area contributed by atoms with Crippen LogP contribution in [0.2, 0.25) is 0 Å². The first-order chi connectivity index (χ1) is 15.2. The third kappa shape index (κ3) is 5.96. The Balaban J connectivity index is 0.00000385. The van der Waals surface area contributed by atoms with Gasteiger partial charge in [0.1, 0.15) is 11.3 Å². The molecule has 2 aliphatic rings. The number of imide groups is 1. The Morgan fingerprint density at radius 3 is 2.48 bits per heavy atom. The number of hydrogen-bond acceptors (Lipinski definition) is 6. The molecular weight excluding hydrogens is 471 g/mol. The molecule has 0 aromatic heterocycles. The average Bonchev–Trinajstić information content (AvgIpc) is 2.97. The zero-order chi connectivity index (χ0) is 23.5. The van der Waals surface area contributed by atoms with Gasteiger partial charge in [-0.25, -0.2) is 4.79 Å². The van der Waals surface area contributed by atoms with Crippen LogP contribution in [0.15, 0.2) is 18.2 Å². The van der Waals surface area contributed by atoms with Gasteiger partial charge in [-0.05, 0) is 44.4 Å². The second-order valence-corrected chi connectivity index (χ2v) is 8.82. The molecule has 2 aliphatic heterocycles. The number of urea groups is 1. The van der Waals surface area contributed by atoms with E-state index in [0.29, 0.717) is 49.4 Å². The highest BCUT2D eigenvalue weighted by Crippen LogP contribution is 2.30. The highest BCUT2D eigenvalue weighted by Gasteiger charge is 2.50.